The summed E-state index contributed by atoms with van der Waals surface area (Å²) in [6, 6.07) is 0. The van der Waals surface area contributed by atoms with E-state index in [-0.39, 0.29) is 0 Å². The van der Waals surface area contributed by atoms with Gasteiger partial charge in [0.05, 0.1) is 0 Å². The van der Waals surface area contributed by atoms with E-state index in [9.17, 15) is 36.0 Å². The van der Waals surface area contributed by atoms with Crippen molar-refractivity contribution in [2.45, 2.75) is 17.9 Å². The monoisotopic (exact) mass is 225 g/mol. The zero-order valence-electron chi connectivity index (χ0n) is 5.98. The molecule has 0 aromatic rings. The van der Waals surface area contributed by atoms with Crippen molar-refractivity contribution in [2.24, 2.45) is 5.18 Å². The van der Waals surface area contributed by atoms with Crippen LogP contribution in [0.5, 0.6) is 0 Å². The first-order chi connectivity index (χ1) is 6.00. The molecule has 1 N–H and O–H groups in total. The lowest BCUT2D eigenvalue weighted by atomic mass is 10.00. The van der Waals surface area contributed by atoms with E-state index in [0.29, 0.717) is 5.18 Å². The Hall–Kier alpha value is -1.35. The zero-order valence-corrected chi connectivity index (χ0v) is 5.98. The molecular formula is C4HF6NO3. The highest BCUT2D eigenvalue weighted by atomic mass is 19.4. The van der Waals surface area contributed by atoms with Crippen LogP contribution in [0, 0.1) is 4.91 Å². The van der Waals surface area contributed by atoms with Gasteiger partial charge < -0.3 is 5.11 Å². The molecule has 0 amide bonds. The normalized spacial score (nSPS) is 13.9. The van der Waals surface area contributed by atoms with E-state index >= 15 is 0 Å². The van der Waals surface area contributed by atoms with Gasteiger partial charge in [-0.05, 0) is 5.18 Å². The minimum Gasteiger partial charge on any atom is -0.479 e. The second-order valence-electron chi connectivity index (χ2n) is 2.10. The first kappa shape index (κ1) is 12.7. The number of aliphatic carboxylic acids is 1. The minimum absolute atomic E-state index is 0.662. The Kier molecular flexibility index (Phi) is 2.80. The SMILES string of the molecule is O=NC(C(=O)O)(C(F)(F)F)C(F)(F)F. The molecule has 0 radical (unpaired) electrons. The summed E-state index contributed by atoms with van der Waals surface area (Å²) in [6.45, 7) is 0. The van der Waals surface area contributed by atoms with Gasteiger partial charge in [-0.25, -0.2) is 4.79 Å². The van der Waals surface area contributed by atoms with Crippen molar-refractivity contribution < 1.29 is 36.2 Å². The van der Waals surface area contributed by atoms with Crippen LogP contribution in [0.25, 0.3) is 0 Å². The third-order valence-corrected chi connectivity index (χ3v) is 1.27. The van der Waals surface area contributed by atoms with Crippen LogP contribution < -0.4 is 0 Å². The molecule has 82 valence electrons. The molecule has 0 atom stereocenters. The number of halogens is 6. The number of carboxylic acids is 1. The molecule has 0 unspecified atom stereocenters. The topological polar surface area (TPSA) is 66.7 Å². The van der Waals surface area contributed by atoms with Crippen molar-refractivity contribution in [2.75, 3.05) is 0 Å². The van der Waals surface area contributed by atoms with Crippen LogP contribution >= 0.6 is 0 Å². The van der Waals surface area contributed by atoms with Crippen molar-refractivity contribution in [3.63, 3.8) is 0 Å². The van der Waals surface area contributed by atoms with Crippen molar-refractivity contribution in [1.82, 2.24) is 0 Å². The number of alkyl halides is 6. The van der Waals surface area contributed by atoms with Crippen LogP contribution in [0.2, 0.25) is 0 Å². The fourth-order valence-corrected chi connectivity index (χ4v) is 0.546. The highest BCUT2D eigenvalue weighted by molar-refractivity contribution is 5.81. The number of rotatable bonds is 2. The summed E-state index contributed by atoms with van der Waals surface area (Å²) in [5.41, 5.74) is -5.60. The summed E-state index contributed by atoms with van der Waals surface area (Å²) in [4.78, 5) is 19.3. The summed E-state index contributed by atoms with van der Waals surface area (Å²) < 4.78 is 70.4. The second-order valence-corrected chi connectivity index (χ2v) is 2.10. The molecule has 0 aromatic carbocycles. The lowest BCUT2D eigenvalue weighted by Crippen LogP contribution is -2.60. The van der Waals surface area contributed by atoms with Gasteiger partial charge in [0.15, 0.2) is 0 Å². The number of nitroso groups, excluding NO2 is 1. The molecule has 0 aliphatic carbocycles. The van der Waals surface area contributed by atoms with Crippen LogP contribution in [0.15, 0.2) is 5.18 Å². The lowest BCUT2D eigenvalue weighted by molar-refractivity contribution is -0.290. The van der Waals surface area contributed by atoms with Gasteiger partial charge in [-0.15, -0.1) is 4.91 Å². The average molecular weight is 225 g/mol. The van der Waals surface area contributed by atoms with E-state index in [1.54, 1.807) is 0 Å². The Morgan fingerprint density at radius 3 is 1.29 bits per heavy atom. The van der Waals surface area contributed by atoms with Crippen molar-refractivity contribution in [1.29, 1.82) is 0 Å². The van der Waals surface area contributed by atoms with Crippen LogP contribution in [0.4, 0.5) is 26.3 Å². The summed E-state index contributed by atoms with van der Waals surface area (Å²) in [6.07, 6.45) is -12.7. The second kappa shape index (κ2) is 3.10. The molecule has 0 saturated carbocycles. The largest absolute Gasteiger partial charge is 0.479 e. The van der Waals surface area contributed by atoms with Gasteiger partial charge in [-0.3, -0.25) is 0 Å². The van der Waals surface area contributed by atoms with E-state index in [1.807, 2.05) is 0 Å². The Morgan fingerprint density at radius 1 is 1.00 bits per heavy atom. The molecule has 0 spiro atoms. The van der Waals surface area contributed by atoms with Gasteiger partial charge in [0.25, 0.3) is 0 Å². The third kappa shape index (κ3) is 1.51. The summed E-state index contributed by atoms with van der Waals surface area (Å²) in [5.74, 6) is -3.41. The summed E-state index contributed by atoms with van der Waals surface area (Å²) >= 11 is 0. The van der Waals surface area contributed by atoms with Gasteiger partial charge in [-0.1, -0.05) is 0 Å². The number of nitrogens with zero attached hydrogens (tertiary/aromatic N) is 1. The lowest BCUT2D eigenvalue weighted by Gasteiger charge is -2.26. The molecule has 0 saturated heterocycles. The molecule has 0 aromatic heterocycles. The number of hydrogen-bond acceptors (Lipinski definition) is 3. The number of carbonyl (C=O) groups is 1. The number of hydrogen-bond donors (Lipinski definition) is 1. The maximum Gasteiger partial charge on any atom is 0.437 e. The highest BCUT2D eigenvalue weighted by Crippen LogP contribution is 2.45. The van der Waals surface area contributed by atoms with Crippen molar-refractivity contribution >= 4 is 5.97 Å². The summed E-state index contributed by atoms with van der Waals surface area (Å²) in [5, 5.41) is 8.42. The Bertz CT molecular complexity index is 241. The van der Waals surface area contributed by atoms with E-state index in [4.69, 9.17) is 5.11 Å². The molecular weight excluding hydrogens is 224 g/mol. The molecule has 4 nitrogen and oxygen atoms in total. The fourth-order valence-electron chi connectivity index (χ4n) is 0.546. The molecule has 0 aliphatic rings. The molecule has 0 rings (SSSR count). The van der Waals surface area contributed by atoms with E-state index in [2.05, 4.69) is 0 Å². The van der Waals surface area contributed by atoms with Crippen molar-refractivity contribution in [3.05, 3.63) is 4.91 Å². The van der Waals surface area contributed by atoms with Crippen LogP contribution in [-0.2, 0) is 4.79 Å². The standard InChI is InChI=1S/C4HF6NO3/c5-3(6,7)2(11-14,1(12)13)4(8,9)10/h(H,12,13). The molecule has 10 heteroatoms. The molecule has 0 bridgehead atoms. The molecule has 14 heavy (non-hydrogen) atoms. The predicted molar refractivity (Wildman–Crippen MR) is 28.3 cm³/mol. The Labute approximate surface area is 71.5 Å². The first-order valence-corrected chi connectivity index (χ1v) is 2.72. The van der Waals surface area contributed by atoms with Crippen molar-refractivity contribution in [3.8, 4) is 0 Å². The van der Waals surface area contributed by atoms with E-state index in [1.165, 1.54) is 0 Å². The van der Waals surface area contributed by atoms with Crippen LogP contribution in [-0.4, -0.2) is 29.0 Å². The third-order valence-electron chi connectivity index (χ3n) is 1.27. The Morgan fingerprint density at radius 2 is 1.29 bits per heavy atom. The van der Waals surface area contributed by atoms with Crippen LogP contribution in [0.1, 0.15) is 0 Å². The molecule has 0 fully saturated rings. The van der Waals surface area contributed by atoms with E-state index in [0.717, 1.165) is 0 Å². The molecule has 0 heterocycles. The quantitative estimate of drug-likeness (QED) is 0.574. The fraction of sp³-hybridized carbons (Fsp3) is 0.750. The zero-order chi connectivity index (χ0) is 11.8. The smallest absolute Gasteiger partial charge is 0.437 e. The van der Waals surface area contributed by atoms with E-state index < -0.39 is 23.9 Å². The van der Waals surface area contributed by atoms with Gasteiger partial charge >= 0.3 is 23.9 Å². The minimum atomic E-state index is -6.33. The average Bonchev–Trinajstić information content (AvgIpc) is 1.80. The molecule has 0 aliphatic heterocycles. The Balaban J connectivity index is 5.70. The van der Waals surface area contributed by atoms with Gasteiger partial charge in [0, 0.05) is 0 Å². The number of carboxylic acid groups (broad SMARTS) is 1. The highest BCUT2D eigenvalue weighted by Gasteiger charge is 2.79. The summed E-state index contributed by atoms with van der Waals surface area (Å²) in [7, 11) is 0. The maximum absolute atomic E-state index is 11.7. The van der Waals surface area contributed by atoms with Crippen LogP contribution in [0.3, 0.4) is 0 Å². The van der Waals surface area contributed by atoms with Gasteiger partial charge in [0.1, 0.15) is 0 Å². The first-order valence-electron chi connectivity index (χ1n) is 2.72. The maximum atomic E-state index is 11.7. The predicted octanol–water partition coefficient (Wildman–Crippen LogP) is 1.70. The van der Waals surface area contributed by atoms with Gasteiger partial charge in [0.2, 0.25) is 0 Å². The van der Waals surface area contributed by atoms with Gasteiger partial charge in [-0.2, -0.15) is 26.3 Å².